The summed E-state index contributed by atoms with van der Waals surface area (Å²) in [5, 5.41) is 0. The number of benzene rings is 1. The Morgan fingerprint density at radius 2 is 2.27 bits per heavy atom. The molecule has 0 amide bonds. The van der Waals surface area contributed by atoms with E-state index < -0.39 is 0 Å². The van der Waals surface area contributed by atoms with Gasteiger partial charge in [0.2, 0.25) is 0 Å². The minimum atomic E-state index is 1.09. The van der Waals surface area contributed by atoms with Crippen LogP contribution in [0.1, 0.15) is 17.5 Å². The van der Waals surface area contributed by atoms with Gasteiger partial charge in [-0.15, -0.1) is 0 Å². The van der Waals surface area contributed by atoms with Gasteiger partial charge in [0, 0.05) is 6.21 Å². The molecule has 0 aliphatic carbocycles. The predicted octanol–water partition coefficient (Wildman–Crippen LogP) is 2.64. The Bertz CT molecular complexity index is 300. The first-order valence-electron chi connectivity index (χ1n) is 3.99. The third-order valence-electron chi connectivity index (χ3n) is 2.08. The number of aliphatic imine (C=N–C) groups is 1. The number of fused-ring (bicyclic) bond motifs is 1. The van der Waals surface area contributed by atoms with Crippen molar-refractivity contribution in [1.82, 2.24) is 0 Å². The molecule has 1 heteroatoms. The van der Waals surface area contributed by atoms with Gasteiger partial charge in [-0.1, -0.05) is 18.2 Å². The van der Waals surface area contributed by atoms with Crippen LogP contribution < -0.4 is 0 Å². The fraction of sp³-hybridized carbons (Fsp3) is 0.300. The van der Waals surface area contributed by atoms with Crippen LogP contribution >= 0.6 is 0 Å². The Morgan fingerprint density at radius 1 is 1.36 bits per heavy atom. The zero-order chi connectivity index (χ0) is 7.68. The number of hydrogen-bond donors (Lipinski definition) is 0. The van der Waals surface area contributed by atoms with Crippen molar-refractivity contribution >= 4 is 11.9 Å². The lowest BCUT2D eigenvalue weighted by molar-refractivity contribution is 1.02. The molecular formula is C10H11N. The Hall–Kier alpha value is -1.11. The highest BCUT2D eigenvalue weighted by molar-refractivity contribution is 5.70. The molecule has 0 atom stereocenters. The van der Waals surface area contributed by atoms with E-state index in [0.29, 0.717) is 0 Å². The van der Waals surface area contributed by atoms with Crippen LogP contribution in [0, 0.1) is 6.92 Å². The molecule has 0 saturated carbocycles. The quantitative estimate of drug-likeness (QED) is 0.532. The summed E-state index contributed by atoms with van der Waals surface area (Å²) in [6.45, 7) is 2.11. The van der Waals surface area contributed by atoms with Crippen LogP contribution in [0.15, 0.2) is 23.2 Å². The molecule has 1 nitrogen and oxygen atoms in total. The second-order valence-electron chi connectivity index (χ2n) is 2.93. The fourth-order valence-electron chi connectivity index (χ4n) is 1.48. The summed E-state index contributed by atoms with van der Waals surface area (Å²) >= 11 is 0. The molecule has 11 heavy (non-hydrogen) atoms. The second kappa shape index (κ2) is 2.50. The van der Waals surface area contributed by atoms with Gasteiger partial charge in [-0.2, -0.15) is 0 Å². The van der Waals surface area contributed by atoms with E-state index in [1.165, 1.54) is 16.8 Å². The van der Waals surface area contributed by atoms with E-state index in [1.54, 1.807) is 0 Å². The topological polar surface area (TPSA) is 12.4 Å². The number of rotatable bonds is 0. The first-order chi connectivity index (χ1) is 5.38. The molecule has 0 N–H and O–H groups in total. The van der Waals surface area contributed by atoms with Crippen LogP contribution in [-0.4, -0.2) is 6.21 Å². The van der Waals surface area contributed by atoms with Crippen LogP contribution in [0.5, 0.6) is 0 Å². The van der Waals surface area contributed by atoms with Gasteiger partial charge >= 0.3 is 0 Å². The molecule has 1 aliphatic heterocycles. The lowest BCUT2D eigenvalue weighted by atomic mass is 10.0. The van der Waals surface area contributed by atoms with Crippen LogP contribution in [-0.2, 0) is 6.42 Å². The molecule has 0 saturated heterocycles. The Balaban J connectivity index is 2.60. The maximum atomic E-state index is 4.37. The summed E-state index contributed by atoms with van der Waals surface area (Å²) in [5.74, 6) is 0. The van der Waals surface area contributed by atoms with Gasteiger partial charge < -0.3 is 0 Å². The zero-order valence-corrected chi connectivity index (χ0v) is 6.67. The molecule has 0 unspecified atom stereocenters. The smallest absolute Gasteiger partial charge is 0.0686 e. The average molecular weight is 145 g/mol. The van der Waals surface area contributed by atoms with Crippen molar-refractivity contribution in [3.8, 4) is 0 Å². The highest BCUT2D eigenvalue weighted by Crippen LogP contribution is 2.26. The van der Waals surface area contributed by atoms with Crippen molar-refractivity contribution < 1.29 is 0 Å². The highest BCUT2D eigenvalue weighted by atomic mass is 14.7. The standard InChI is InChI=1S/C10H11N/c1-8-4-2-5-9-6-3-7-11-10(8)9/h2,4-5,7H,3,6H2,1H3. The molecule has 1 aliphatic rings. The largest absolute Gasteiger partial charge is 0.261 e. The summed E-state index contributed by atoms with van der Waals surface area (Å²) in [6, 6.07) is 6.38. The van der Waals surface area contributed by atoms with Gasteiger partial charge in [0.05, 0.1) is 5.69 Å². The van der Waals surface area contributed by atoms with E-state index in [9.17, 15) is 0 Å². The molecule has 0 spiro atoms. The van der Waals surface area contributed by atoms with E-state index >= 15 is 0 Å². The van der Waals surface area contributed by atoms with Gasteiger partial charge in [0.25, 0.3) is 0 Å². The molecule has 1 aromatic rings. The summed E-state index contributed by atoms with van der Waals surface area (Å²) in [6.07, 6.45) is 4.26. The van der Waals surface area contributed by atoms with Crippen LogP contribution in [0.2, 0.25) is 0 Å². The third-order valence-corrected chi connectivity index (χ3v) is 2.08. The third kappa shape index (κ3) is 1.07. The predicted molar refractivity (Wildman–Crippen MR) is 47.7 cm³/mol. The maximum Gasteiger partial charge on any atom is 0.0686 e. The van der Waals surface area contributed by atoms with Gasteiger partial charge in [-0.25, -0.2) is 0 Å². The van der Waals surface area contributed by atoms with E-state index in [2.05, 4.69) is 30.1 Å². The zero-order valence-electron chi connectivity index (χ0n) is 6.67. The molecule has 1 heterocycles. The number of aryl methyl sites for hydroxylation is 2. The summed E-state index contributed by atoms with van der Waals surface area (Å²) < 4.78 is 0. The minimum absolute atomic E-state index is 1.09. The van der Waals surface area contributed by atoms with Crippen molar-refractivity contribution in [2.45, 2.75) is 19.8 Å². The van der Waals surface area contributed by atoms with Crippen molar-refractivity contribution in [2.75, 3.05) is 0 Å². The Morgan fingerprint density at radius 3 is 3.09 bits per heavy atom. The minimum Gasteiger partial charge on any atom is -0.261 e. The van der Waals surface area contributed by atoms with Gasteiger partial charge in [0.15, 0.2) is 0 Å². The molecular weight excluding hydrogens is 134 g/mol. The van der Waals surface area contributed by atoms with E-state index in [1.807, 2.05) is 6.21 Å². The van der Waals surface area contributed by atoms with Crippen molar-refractivity contribution in [3.05, 3.63) is 29.3 Å². The highest BCUT2D eigenvalue weighted by Gasteiger charge is 2.05. The lowest BCUT2D eigenvalue weighted by Gasteiger charge is -2.10. The number of hydrogen-bond acceptors (Lipinski definition) is 1. The molecule has 0 radical (unpaired) electrons. The van der Waals surface area contributed by atoms with E-state index in [0.717, 1.165) is 12.8 Å². The normalized spacial score (nSPS) is 14.6. The molecule has 1 aromatic carbocycles. The van der Waals surface area contributed by atoms with Crippen molar-refractivity contribution in [1.29, 1.82) is 0 Å². The molecule has 0 fully saturated rings. The monoisotopic (exact) mass is 145 g/mol. The van der Waals surface area contributed by atoms with Gasteiger partial charge in [-0.3, -0.25) is 4.99 Å². The van der Waals surface area contributed by atoms with E-state index in [4.69, 9.17) is 0 Å². The first-order valence-corrected chi connectivity index (χ1v) is 3.99. The first kappa shape index (κ1) is 6.59. The van der Waals surface area contributed by atoms with Gasteiger partial charge in [0.1, 0.15) is 0 Å². The summed E-state index contributed by atoms with van der Waals surface area (Å²) in [7, 11) is 0. The maximum absolute atomic E-state index is 4.37. The lowest BCUT2D eigenvalue weighted by Crippen LogP contribution is -1.94. The SMILES string of the molecule is Cc1cccc2c1N=CCC2. The molecule has 2 rings (SSSR count). The number of para-hydroxylation sites is 1. The van der Waals surface area contributed by atoms with Gasteiger partial charge in [-0.05, 0) is 30.9 Å². The van der Waals surface area contributed by atoms with Crippen LogP contribution in [0.25, 0.3) is 0 Å². The van der Waals surface area contributed by atoms with Crippen LogP contribution in [0.3, 0.4) is 0 Å². The average Bonchev–Trinajstić information content (AvgIpc) is 2.06. The Kier molecular flexibility index (Phi) is 1.50. The van der Waals surface area contributed by atoms with Crippen LogP contribution in [0.4, 0.5) is 5.69 Å². The molecule has 0 aromatic heterocycles. The van der Waals surface area contributed by atoms with Crippen molar-refractivity contribution in [2.24, 2.45) is 4.99 Å². The second-order valence-corrected chi connectivity index (χ2v) is 2.93. The Labute approximate surface area is 66.8 Å². The van der Waals surface area contributed by atoms with E-state index in [-0.39, 0.29) is 0 Å². The fourth-order valence-corrected chi connectivity index (χ4v) is 1.48. The summed E-state index contributed by atoms with van der Waals surface area (Å²) in [4.78, 5) is 4.37. The summed E-state index contributed by atoms with van der Waals surface area (Å²) in [5.41, 5.74) is 3.88. The number of nitrogens with zero attached hydrogens (tertiary/aromatic N) is 1. The molecule has 0 bridgehead atoms. The molecule has 56 valence electrons. The van der Waals surface area contributed by atoms with Crippen molar-refractivity contribution in [3.63, 3.8) is 0 Å².